The summed E-state index contributed by atoms with van der Waals surface area (Å²) in [6, 6.07) is 3.51. The number of carbonyl (C=O) groups is 2. The molecule has 10 nitrogen and oxygen atoms in total. The van der Waals surface area contributed by atoms with E-state index in [9.17, 15) is 34.7 Å². The van der Waals surface area contributed by atoms with E-state index in [4.69, 9.17) is 5.73 Å². The Bertz CT molecular complexity index is 951. The molecule has 0 atom stereocenters. The van der Waals surface area contributed by atoms with Gasteiger partial charge in [0.2, 0.25) is 0 Å². The van der Waals surface area contributed by atoms with Crippen LogP contribution in [0.4, 0.5) is 11.5 Å². The fourth-order valence-electron chi connectivity index (χ4n) is 2.16. The standard InChI is InChI=1S/C13H8IN3O7/c14-5-1-4(2-6(3-5)17(23)24)7-8(12(19)20)10(15)16-11(18)9(7)13(21)22/h1-3H,(H,19,20)(H,21,22)(H3,15,16,18). The third-order valence-corrected chi connectivity index (χ3v) is 3.68. The zero-order valence-electron chi connectivity index (χ0n) is 11.6. The molecular formula is C13H8IN3O7. The lowest BCUT2D eigenvalue weighted by molar-refractivity contribution is -0.384. The zero-order chi connectivity index (χ0) is 18.2. The fourth-order valence-corrected chi connectivity index (χ4v) is 2.81. The van der Waals surface area contributed by atoms with Crippen molar-refractivity contribution in [2.45, 2.75) is 0 Å². The molecule has 0 saturated heterocycles. The van der Waals surface area contributed by atoms with Crippen molar-refractivity contribution in [1.82, 2.24) is 4.98 Å². The first-order valence-electron chi connectivity index (χ1n) is 6.11. The summed E-state index contributed by atoms with van der Waals surface area (Å²) in [6.45, 7) is 0. The maximum atomic E-state index is 11.9. The number of rotatable bonds is 4. The highest BCUT2D eigenvalue weighted by atomic mass is 127. The van der Waals surface area contributed by atoms with Gasteiger partial charge in [-0.2, -0.15) is 0 Å². The molecule has 11 heteroatoms. The minimum absolute atomic E-state index is 0.110. The molecular weight excluding hydrogens is 437 g/mol. The summed E-state index contributed by atoms with van der Waals surface area (Å²) < 4.78 is 0.350. The maximum Gasteiger partial charge on any atom is 0.342 e. The second kappa shape index (κ2) is 6.27. The normalized spacial score (nSPS) is 10.4. The van der Waals surface area contributed by atoms with E-state index < -0.39 is 44.9 Å². The number of aromatic nitrogens is 1. The van der Waals surface area contributed by atoms with Crippen LogP contribution in [-0.2, 0) is 0 Å². The number of hydrogen-bond donors (Lipinski definition) is 4. The Kier molecular flexibility index (Phi) is 4.54. The average molecular weight is 445 g/mol. The van der Waals surface area contributed by atoms with Gasteiger partial charge in [-0.15, -0.1) is 0 Å². The first kappa shape index (κ1) is 17.4. The largest absolute Gasteiger partial charge is 0.478 e. The van der Waals surface area contributed by atoms with Gasteiger partial charge in [-0.05, 0) is 34.2 Å². The third-order valence-electron chi connectivity index (χ3n) is 3.05. The van der Waals surface area contributed by atoms with Crippen molar-refractivity contribution in [3.8, 4) is 11.1 Å². The number of nitrogens with two attached hydrogens (primary N) is 1. The number of nitrogen functional groups attached to an aromatic ring is 1. The van der Waals surface area contributed by atoms with Crippen molar-refractivity contribution in [2.75, 3.05) is 5.73 Å². The quantitative estimate of drug-likeness (QED) is 0.311. The Hall–Kier alpha value is -2.96. The van der Waals surface area contributed by atoms with Crippen LogP contribution in [0.2, 0.25) is 0 Å². The van der Waals surface area contributed by atoms with Crippen molar-refractivity contribution in [2.24, 2.45) is 0 Å². The molecule has 2 aromatic rings. The number of nitrogens with zero attached hydrogens (tertiary/aromatic N) is 1. The summed E-state index contributed by atoms with van der Waals surface area (Å²) in [6.07, 6.45) is 0. The van der Waals surface area contributed by atoms with Crippen molar-refractivity contribution in [1.29, 1.82) is 0 Å². The highest BCUT2D eigenvalue weighted by molar-refractivity contribution is 14.1. The highest BCUT2D eigenvalue weighted by Gasteiger charge is 2.27. The first-order chi connectivity index (χ1) is 11.1. The van der Waals surface area contributed by atoms with E-state index in [1.165, 1.54) is 12.1 Å². The number of nitro groups is 1. The minimum Gasteiger partial charge on any atom is -0.478 e. The van der Waals surface area contributed by atoms with E-state index >= 15 is 0 Å². The molecule has 0 amide bonds. The molecule has 0 spiro atoms. The monoisotopic (exact) mass is 445 g/mol. The third kappa shape index (κ3) is 3.05. The number of halogens is 1. The molecule has 0 fully saturated rings. The van der Waals surface area contributed by atoms with E-state index in [-0.39, 0.29) is 11.3 Å². The van der Waals surface area contributed by atoms with Gasteiger partial charge < -0.3 is 20.9 Å². The molecule has 0 radical (unpaired) electrons. The number of benzene rings is 1. The van der Waals surface area contributed by atoms with Gasteiger partial charge in [-0.3, -0.25) is 14.9 Å². The van der Waals surface area contributed by atoms with Crippen LogP contribution in [0, 0.1) is 13.7 Å². The van der Waals surface area contributed by atoms with Crippen molar-refractivity contribution < 1.29 is 24.7 Å². The van der Waals surface area contributed by atoms with Gasteiger partial charge in [0.25, 0.3) is 11.2 Å². The Morgan fingerprint density at radius 1 is 1.17 bits per heavy atom. The second-order valence-electron chi connectivity index (χ2n) is 4.56. The van der Waals surface area contributed by atoms with E-state index in [0.29, 0.717) is 3.57 Å². The number of carboxylic acid groups (broad SMARTS) is 2. The molecule has 124 valence electrons. The molecule has 0 bridgehead atoms. The van der Waals surface area contributed by atoms with Gasteiger partial charge in [-0.1, -0.05) is 0 Å². The van der Waals surface area contributed by atoms with Crippen molar-refractivity contribution in [3.05, 3.63) is 53.4 Å². The van der Waals surface area contributed by atoms with Crippen LogP contribution in [0.3, 0.4) is 0 Å². The summed E-state index contributed by atoms with van der Waals surface area (Å²) in [5.74, 6) is -3.81. The number of non-ortho nitro benzene ring substituents is 1. The van der Waals surface area contributed by atoms with E-state index in [0.717, 1.165) is 6.07 Å². The van der Waals surface area contributed by atoms with Gasteiger partial charge in [0.05, 0.1) is 4.92 Å². The summed E-state index contributed by atoms with van der Waals surface area (Å²) in [5, 5.41) is 29.6. The summed E-state index contributed by atoms with van der Waals surface area (Å²) in [4.78, 5) is 47.0. The number of aromatic amines is 1. The number of aromatic carboxylic acids is 2. The zero-order valence-corrected chi connectivity index (χ0v) is 13.7. The molecule has 1 aromatic carbocycles. The van der Waals surface area contributed by atoms with E-state index in [2.05, 4.69) is 0 Å². The molecule has 1 aromatic heterocycles. The smallest absolute Gasteiger partial charge is 0.342 e. The van der Waals surface area contributed by atoms with E-state index in [1.54, 1.807) is 22.6 Å². The molecule has 24 heavy (non-hydrogen) atoms. The molecule has 0 unspecified atom stereocenters. The van der Waals surface area contributed by atoms with Crippen LogP contribution < -0.4 is 11.3 Å². The van der Waals surface area contributed by atoms with Crippen LogP contribution >= 0.6 is 22.6 Å². The topological polar surface area (TPSA) is 177 Å². The first-order valence-corrected chi connectivity index (χ1v) is 7.19. The number of anilines is 1. The van der Waals surface area contributed by atoms with Gasteiger partial charge in [0.15, 0.2) is 0 Å². The predicted molar refractivity (Wildman–Crippen MR) is 90.2 cm³/mol. The van der Waals surface area contributed by atoms with Gasteiger partial charge in [-0.25, -0.2) is 9.59 Å². The summed E-state index contributed by atoms with van der Waals surface area (Å²) in [7, 11) is 0. The van der Waals surface area contributed by atoms with Gasteiger partial charge in [0, 0.05) is 21.3 Å². The Labute approximate surface area is 146 Å². The second-order valence-corrected chi connectivity index (χ2v) is 5.80. The predicted octanol–water partition coefficient (Wildman–Crippen LogP) is 1.53. The average Bonchev–Trinajstić information content (AvgIpc) is 2.44. The molecule has 0 aliphatic carbocycles. The van der Waals surface area contributed by atoms with Gasteiger partial charge >= 0.3 is 11.9 Å². The number of pyridine rings is 1. The molecule has 0 saturated carbocycles. The van der Waals surface area contributed by atoms with Crippen LogP contribution in [0.1, 0.15) is 20.7 Å². The molecule has 2 rings (SSSR count). The number of nitrogens with one attached hydrogen (secondary N) is 1. The van der Waals surface area contributed by atoms with Crippen LogP contribution in [-0.4, -0.2) is 32.1 Å². The highest BCUT2D eigenvalue weighted by Crippen LogP contribution is 2.32. The Morgan fingerprint density at radius 2 is 1.75 bits per heavy atom. The fraction of sp³-hybridized carbons (Fsp3) is 0. The molecule has 0 aliphatic rings. The van der Waals surface area contributed by atoms with Crippen LogP contribution in [0.25, 0.3) is 11.1 Å². The Balaban J connectivity index is 3.02. The number of carboxylic acids is 2. The van der Waals surface area contributed by atoms with Crippen LogP contribution in [0.5, 0.6) is 0 Å². The maximum absolute atomic E-state index is 11.9. The van der Waals surface area contributed by atoms with Gasteiger partial charge in [0.1, 0.15) is 16.9 Å². The number of H-pyrrole nitrogens is 1. The lowest BCUT2D eigenvalue weighted by Gasteiger charge is -2.12. The lowest BCUT2D eigenvalue weighted by Crippen LogP contribution is -2.24. The minimum atomic E-state index is -1.68. The summed E-state index contributed by atoms with van der Waals surface area (Å²) >= 11 is 1.75. The number of nitro benzene ring substituents is 1. The summed E-state index contributed by atoms with van der Waals surface area (Å²) in [5.41, 5.74) is 1.89. The Morgan fingerprint density at radius 3 is 2.25 bits per heavy atom. The molecule has 5 N–H and O–H groups in total. The van der Waals surface area contributed by atoms with E-state index in [1.807, 2.05) is 4.98 Å². The lowest BCUT2D eigenvalue weighted by atomic mass is 9.95. The van der Waals surface area contributed by atoms with Crippen LogP contribution in [0.15, 0.2) is 23.0 Å². The molecule has 1 heterocycles. The van der Waals surface area contributed by atoms with Crippen molar-refractivity contribution in [3.63, 3.8) is 0 Å². The SMILES string of the molecule is Nc1[nH]c(=O)c(C(=O)O)c(-c2cc(I)cc([N+](=O)[O-])c2)c1C(=O)O. The molecule has 0 aliphatic heterocycles. The number of hydrogen-bond acceptors (Lipinski definition) is 6. The van der Waals surface area contributed by atoms with Crippen molar-refractivity contribution >= 4 is 46.0 Å².